The van der Waals surface area contributed by atoms with E-state index in [-0.39, 0.29) is 28.9 Å². The van der Waals surface area contributed by atoms with Crippen molar-refractivity contribution in [3.8, 4) is 0 Å². The van der Waals surface area contributed by atoms with Crippen molar-refractivity contribution in [1.29, 1.82) is 0 Å². The molecule has 0 amide bonds. The number of hydrogen-bond donors (Lipinski definition) is 0. The van der Waals surface area contributed by atoms with Crippen molar-refractivity contribution in [1.82, 2.24) is 0 Å². The third kappa shape index (κ3) is 3.47. The Balaban J connectivity index is 1.61. The fourth-order valence-electron chi connectivity index (χ4n) is 4.28. The third-order valence-electron chi connectivity index (χ3n) is 6.01. The van der Waals surface area contributed by atoms with Gasteiger partial charge in [-0.15, -0.1) is 0 Å². The van der Waals surface area contributed by atoms with Crippen molar-refractivity contribution in [2.24, 2.45) is 32.7 Å². The lowest BCUT2D eigenvalue weighted by Crippen LogP contribution is -2.38. The van der Waals surface area contributed by atoms with Crippen LogP contribution in [0.25, 0.3) is 0 Å². The Morgan fingerprint density at radius 3 is 2.27 bits per heavy atom. The molecule has 0 radical (unpaired) electrons. The molecule has 146 valence electrons. The first kappa shape index (κ1) is 19.2. The molecule has 2 aliphatic carbocycles. The number of rotatable bonds is 7. The molecule has 0 aromatic rings. The molecule has 1 heterocycles. The minimum absolute atomic E-state index is 0.0664. The molecular formula is C20H32N2O4. The van der Waals surface area contributed by atoms with E-state index < -0.39 is 0 Å². The van der Waals surface area contributed by atoms with Gasteiger partial charge in [0.2, 0.25) is 11.8 Å². The number of nitrogens with zero attached hydrogens (tertiary/aromatic N) is 2. The summed E-state index contributed by atoms with van der Waals surface area (Å²) < 4.78 is 16.4. The minimum Gasteiger partial charge on any atom is -0.483 e. The Kier molecular flexibility index (Phi) is 5.06. The van der Waals surface area contributed by atoms with Gasteiger partial charge in [-0.2, -0.15) is 0 Å². The summed E-state index contributed by atoms with van der Waals surface area (Å²) >= 11 is 0. The maximum absolute atomic E-state index is 12.1. The van der Waals surface area contributed by atoms with Crippen molar-refractivity contribution >= 4 is 17.8 Å². The van der Waals surface area contributed by atoms with Gasteiger partial charge < -0.3 is 14.2 Å². The average molecular weight is 364 g/mol. The van der Waals surface area contributed by atoms with E-state index in [0.717, 1.165) is 19.3 Å². The molecule has 1 aliphatic heterocycles. The number of carbonyl (C=O) groups excluding carboxylic acids is 1. The Morgan fingerprint density at radius 2 is 1.73 bits per heavy atom. The lowest BCUT2D eigenvalue weighted by Gasteiger charge is -2.27. The first-order chi connectivity index (χ1) is 12.3. The van der Waals surface area contributed by atoms with Gasteiger partial charge >= 0.3 is 5.97 Å². The number of esters is 1. The van der Waals surface area contributed by atoms with Gasteiger partial charge in [0.05, 0.1) is 27.2 Å². The first-order valence-corrected chi connectivity index (χ1v) is 9.65. The van der Waals surface area contributed by atoms with Crippen molar-refractivity contribution in [3.63, 3.8) is 0 Å². The van der Waals surface area contributed by atoms with E-state index in [4.69, 9.17) is 24.2 Å². The predicted molar refractivity (Wildman–Crippen MR) is 100 cm³/mol. The largest absolute Gasteiger partial charge is 0.483 e. The third-order valence-corrected chi connectivity index (χ3v) is 6.01. The lowest BCUT2D eigenvalue weighted by atomic mass is 9.99. The number of hydrogen-bond acceptors (Lipinski definition) is 6. The van der Waals surface area contributed by atoms with E-state index in [2.05, 4.69) is 27.7 Å². The summed E-state index contributed by atoms with van der Waals surface area (Å²) in [7, 11) is 3.31. The van der Waals surface area contributed by atoms with E-state index in [1.807, 2.05) is 0 Å². The summed E-state index contributed by atoms with van der Waals surface area (Å²) in [5.41, 5.74) is 0.346. The second-order valence-corrected chi connectivity index (χ2v) is 8.92. The second kappa shape index (κ2) is 6.86. The Bertz CT molecular complexity index is 617. The van der Waals surface area contributed by atoms with E-state index in [9.17, 15) is 4.79 Å². The molecule has 0 saturated heterocycles. The van der Waals surface area contributed by atoms with Crippen molar-refractivity contribution in [2.75, 3.05) is 20.8 Å². The molecule has 0 unspecified atom stereocenters. The number of methoxy groups -OCH3 is 2. The predicted octanol–water partition coefficient (Wildman–Crippen LogP) is 3.24. The topological polar surface area (TPSA) is 69.5 Å². The zero-order valence-corrected chi connectivity index (χ0v) is 16.9. The first-order valence-electron chi connectivity index (χ1n) is 9.65. The smallest absolute Gasteiger partial charge is 0.306 e. The summed E-state index contributed by atoms with van der Waals surface area (Å²) in [6.45, 7) is 8.81. The van der Waals surface area contributed by atoms with Crippen LogP contribution in [0, 0.1) is 22.7 Å². The van der Waals surface area contributed by atoms with Gasteiger partial charge in [-0.05, 0) is 41.9 Å². The van der Waals surface area contributed by atoms with Crippen LogP contribution < -0.4 is 0 Å². The highest BCUT2D eigenvalue weighted by Gasteiger charge is 2.83. The summed E-state index contributed by atoms with van der Waals surface area (Å²) in [6.07, 6.45) is 3.56. The monoisotopic (exact) mass is 364 g/mol. The zero-order valence-electron chi connectivity index (χ0n) is 16.9. The molecule has 2 atom stereocenters. The Labute approximate surface area is 156 Å². The maximum atomic E-state index is 12.1. The van der Waals surface area contributed by atoms with Crippen LogP contribution in [0.2, 0.25) is 0 Å². The van der Waals surface area contributed by atoms with Crippen molar-refractivity contribution in [2.45, 2.75) is 65.5 Å². The number of ether oxygens (including phenoxy) is 3. The van der Waals surface area contributed by atoms with Gasteiger partial charge in [0.1, 0.15) is 12.1 Å². The number of fused-ring (bicyclic) bond motifs is 1. The second-order valence-electron chi connectivity index (χ2n) is 8.92. The molecule has 3 aliphatic rings. The van der Waals surface area contributed by atoms with E-state index >= 15 is 0 Å². The van der Waals surface area contributed by atoms with Crippen LogP contribution in [0.15, 0.2) is 9.98 Å². The highest BCUT2D eigenvalue weighted by molar-refractivity contribution is 5.94. The van der Waals surface area contributed by atoms with Crippen LogP contribution in [0.1, 0.15) is 53.4 Å². The van der Waals surface area contributed by atoms with Gasteiger partial charge in [-0.25, -0.2) is 9.98 Å². The Hall–Kier alpha value is -1.59. The van der Waals surface area contributed by atoms with E-state index in [0.29, 0.717) is 36.7 Å². The van der Waals surface area contributed by atoms with Gasteiger partial charge in [-0.1, -0.05) is 27.7 Å². The lowest BCUT2D eigenvalue weighted by molar-refractivity contribution is -0.145. The molecule has 26 heavy (non-hydrogen) atoms. The van der Waals surface area contributed by atoms with Gasteiger partial charge in [0, 0.05) is 0 Å². The molecule has 6 heteroatoms. The normalized spacial score (nSPS) is 34.8. The van der Waals surface area contributed by atoms with Crippen LogP contribution >= 0.6 is 0 Å². The quantitative estimate of drug-likeness (QED) is 0.650. The summed E-state index contributed by atoms with van der Waals surface area (Å²) in [5.74, 6) is 1.98. The Morgan fingerprint density at radius 1 is 1.08 bits per heavy atom. The minimum atomic E-state index is -0.110. The summed E-state index contributed by atoms with van der Waals surface area (Å²) in [4.78, 5) is 21.6. The molecule has 6 nitrogen and oxygen atoms in total. The molecule has 0 aromatic carbocycles. The molecule has 3 rings (SSSR count). The number of carbonyl (C=O) groups is 1. The van der Waals surface area contributed by atoms with Crippen LogP contribution in [0.3, 0.4) is 0 Å². The zero-order chi connectivity index (χ0) is 19.1. The highest BCUT2D eigenvalue weighted by atomic mass is 16.5. The molecule has 2 saturated carbocycles. The van der Waals surface area contributed by atoms with Crippen LogP contribution in [-0.4, -0.2) is 50.7 Å². The number of aliphatic imine (C=N–C) groups is 2. The van der Waals surface area contributed by atoms with Gasteiger partial charge in [-0.3, -0.25) is 4.79 Å². The van der Waals surface area contributed by atoms with E-state index in [1.54, 1.807) is 14.2 Å². The fourth-order valence-corrected chi connectivity index (χ4v) is 4.28. The van der Waals surface area contributed by atoms with Crippen LogP contribution in [0.5, 0.6) is 0 Å². The molecule has 2 fully saturated rings. The van der Waals surface area contributed by atoms with Crippen LogP contribution in [0.4, 0.5) is 0 Å². The highest BCUT2D eigenvalue weighted by Crippen LogP contribution is 2.89. The fraction of sp³-hybridized carbons (Fsp3) is 0.850. The van der Waals surface area contributed by atoms with Crippen molar-refractivity contribution < 1.29 is 19.0 Å². The summed E-state index contributed by atoms with van der Waals surface area (Å²) in [5, 5.41) is 0. The van der Waals surface area contributed by atoms with Crippen LogP contribution in [-0.2, 0) is 19.0 Å². The molecule has 0 bridgehead atoms. The maximum Gasteiger partial charge on any atom is 0.306 e. The summed E-state index contributed by atoms with van der Waals surface area (Å²) in [6, 6.07) is -0.195. The average Bonchev–Trinajstić information content (AvgIpc) is 3.37. The molecule has 0 N–H and O–H groups in total. The van der Waals surface area contributed by atoms with Gasteiger partial charge in [0.15, 0.2) is 0 Å². The SMILES string of the molecule is COC1=N[C@H](C(C)C)C(OC)=N[C@H]1CC12CC1(CC(=O)OCC(C)C)C2. The molecule has 0 aromatic heterocycles. The van der Waals surface area contributed by atoms with Crippen molar-refractivity contribution in [3.05, 3.63) is 0 Å². The van der Waals surface area contributed by atoms with Gasteiger partial charge in [0.25, 0.3) is 0 Å². The standard InChI is InChI=1S/C20H32N2O4/c1-12(2)9-26-15(23)8-20-10-19(20,11-20)7-14-17(24-5)22-16(13(3)4)18(21-14)25-6/h12-14,16H,7-11H2,1-6H3/t14-,16+,19?,20?/m0/s1. The molecular weight excluding hydrogens is 332 g/mol. The molecule has 0 spiro atoms. The van der Waals surface area contributed by atoms with E-state index in [1.165, 1.54) is 0 Å².